The first-order valence-electron chi connectivity index (χ1n) is 4.22. The molecule has 0 bridgehead atoms. The first kappa shape index (κ1) is 10.2. The van der Waals surface area contributed by atoms with Crippen molar-refractivity contribution in [2.75, 3.05) is 0 Å². The van der Waals surface area contributed by atoms with Crippen molar-refractivity contribution >= 4 is 0 Å². The van der Waals surface area contributed by atoms with E-state index in [-0.39, 0.29) is 5.82 Å². The third kappa shape index (κ3) is 2.26. The highest BCUT2D eigenvalue weighted by Gasteiger charge is 2.12. The van der Waals surface area contributed by atoms with Gasteiger partial charge in [0.05, 0.1) is 12.1 Å². The van der Waals surface area contributed by atoms with Crippen molar-refractivity contribution in [2.45, 2.75) is 26.0 Å². The van der Waals surface area contributed by atoms with Crippen LogP contribution in [0.5, 0.6) is 0 Å². The van der Waals surface area contributed by atoms with Gasteiger partial charge in [0.15, 0.2) is 0 Å². The fourth-order valence-electron chi connectivity index (χ4n) is 1.15. The van der Waals surface area contributed by atoms with Gasteiger partial charge in [0.25, 0.3) is 0 Å². The van der Waals surface area contributed by atoms with E-state index in [1.165, 1.54) is 6.07 Å². The molecule has 2 atom stereocenters. The van der Waals surface area contributed by atoms with Crippen molar-refractivity contribution in [3.8, 4) is 0 Å². The molecule has 0 aromatic heterocycles. The van der Waals surface area contributed by atoms with Gasteiger partial charge >= 0.3 is 0 Å². The van der Waals surface area contributed by atoms with Gasteiger partial charge in [-0.3, -0.25) is 0 Å². The molecule has 0 amide bonds. The zero-order valence-electron chi connectivity index (χ0n) is 7.79. The third-order valence-corrected chi connectivity index (χ3v) is 2.09. The number of benzene rings is 1. The monoisotopic (exact) mass is 183 g/mol. The fourth-order valence-corrected chi connectivity index (χ4v) is 1.15. The summed E-state index contributed by atoms with van der Waals surface area (Å²) in [6.07, 6.45) is -0.620. The summed E-state index contributed by atoms with van der Waals surface area (Å²) in [5.74, 6) is -0.249. The van der Waals surface area contributed by atoms with Crippen LogP contribution in [0.25, 0.3) is 0 Å². The Morgan fingerprint density at radius 2 is 2.08 bits per heavy atom. The van der Waals surface area contributed by atoms with E-state index in [9.17, 15) is 9.50 Å². The van der Waals surface area contributed by atoms with Crippen LogP contribution in [0, 0.1) is 12.7 Å². The average Bonchev–Trinajstić information content (AvgIpc) is 2.08. The molecule has 0 fully saturated rings. The lowest BCUT2D eigenvalue weighted by molar-refractivity contribution is 0.164. The molecule has 1 rings (SSSR count). The molecular formula is C10H14FNO. The smallest absolute Gasteiger partial charge is 0.126 e. The highest BCUT2D eigenvalue weighted by molar-refractivity contribution is 5.26. The topological polar surface area (TPSA) is 46.2 Å². The average molecular weight is 183 g/mol. The largest absolute Gasteiger partial charge is 0.391 e. The van der Waals surface area contributed by atoms with Gasteiger partial charge in [-0.15, -0.1) is 0 Å². The molecule has 13 heavy (non-hydrogen) atoms. The normalized spacial score (nSPS) is 15.5. The predicted octanol–water partition coefficient (Wildman–Crippen LogP) is 1.51. The number of hydrogen-bond acceptors (Lipinski definition) is 2. The van der Waals surface area contributed by atoms with E-state index in [0.717, 1.165) is 5.56 Å². The highest BCUT2D eigenvalue weighted by Crippen LogP contribution is 2.17. The molecule has 3 N–H and O–H groups in total. The Morgan fingerprint density at radius 1 is 1.46 bits per heavy atom. The molecule has 0 saturated heterocycles. The second kappa shape index (κ2) is 3.85. The molecule has 0 saturated carbocycles. The minimum Gasteiger partial charge on any atom is -0.391 e. The number of aryl methyl sites for hydroxylation is 1. The van der Waals surface area contributed by atoms with Crippen molar-refractivity contribution in [1.29, 1.82) is 0 Å². The molecular weight excluding hydrogens is 169 g/mol. The van der Waals surface area contributed by atoms with Gasteiger partial charge in [-0.05, 0) is 31.0 Å². The molecule has 1 aromatic carbocycles. The minimum absolute atomic E-state index is 0.249. The number of hydrogen-bond donors (Lipinski definition) is 2. The Morgan fingerprint density at radius 3 is 2.54 bits per heavy atom. The Hall–Kier alpha value is -0.930. The van der Waals surface area contributed by atoms with Crippen LogP contribution in [0.15, 0.2) is 18.2 Å². The molecule has 0 radical (unpaired) electrons. The van der Waals surface area contributed by atoms with Gasteiger partial charge in [0.1, 0.15) is 5.82 Å². The Kier molecular flexibility index (Phi) is 3.01. The summed E-state index contributed by atoms with van der Waals surface area (Å²) in [7, 11) is 0. The number of nitrogens with two attached hydrogens (primary N) is 1. The van der Waals surface area contributed by atoms with Gasteiger partial charge < -0.3 is 10.8 Å². The maximum Gasteiger partial charge on any atom is 0.126 e. The molecule has 1 unspecified atom stereocenters. The predicted molar refractivity (Wildman–Crippen MR) is 49.7 cm³/mol. The SMILES string of the molecule is Cc1cc([C@H](N)C(C)O)ccc1F. The lowest BCUT2D eigenvalue weighted by Crippen LogP contribution is -2.23. The van der Waals surface area contributed by atoms with Crippen molar-refractivity contribution in [3.05, 3.63) is 35.1 Å². The summed E-state index contributed by atoms with van der Waals surface area (Å²) in [6.45, 7) is 3.29. The van der Waals surface area contributed by atoms with Crippen molar-refractivity contribution < 1.29 is 9.50 Å². The van der Waals surface area contributed by atoms with Crippen molar-refractivity contribution in [3.63, 3.8) is 0 Å². The molecule has 0 aliphatic rings. The molecule has 0 heterocycles. The summed E-state index contributed by atoms with van der Waals surface area (Å²) >= 11 is 0. The fraction of sp³-hybridized carbons (Fsp3) is 0.400. The number of aliphatic hydroxyl groups excluding tert-OH is 1. The van der Waals surface area contributed by atoms with Crippen LogP contribution in [-0.4, -0.2) is 11.2 Å². The van der Waals surface area contributed by atoms with Crippen LogP contribution >= 0.6 is 0 Å². The molecule has 0 aliphatic heterocycles. The van der Waals surface area contributed by atoms with Crippen LogP contribution in [0.1, 0.15) is 24.1 Å². The summed E-state index contributed by atoms with van der Waals surface area (Å²) in [5, 5.41) is 9.22. The summed E-state index contributed by atoms with van der Waals surface area (Å²) in [6, 6.07) is 4.18. The quantitative estimate of drug-likeness (QED) is 0.730. The summed E-state index contributed by atoms with van der Waals surface area (Å²) in [4.78, 5) is 0. The van der Waals surface area contributed by atoms with Crippen LogP contribution < -0.4 is 5.73 Å². The number of rotatable bonds is 2. The van der Waals surface area contributed by atoms with E-state index in [4.69, 9.17) is 5.73 Å². The lowest BCUT2D eigenvalue weighted by Gasteiger charge is -2.15. The zero-order valence-corrected chi connectivity index (χ0v) is 7.79. The second-order valence-electron chi connectivity index (χ2n) is 3.28. The van der Waals surface area contributed by atoms with Crippen LogP contribution in [0.3, 0.4) is 0 Å². The van der Waals surface area contributed by atoms with Crippen LogP contribution in [0.4, 0.5) is 4.39 Å². The molecule has 0 spiro atoms. The minimum atomic E-state index is -0.620. The number of aliphatic hydroxyl groups is 1. The molecule has 0 aliphatic carbocycles. The third-order valence-electron chi connectivity index (χ3n) is 2.09. The molecule has 72 valence electrons. The molecule has 2 nitrogen and oxygen atoms in total. The van der Waals surface area contributed by atoms with E-state index in [1.807, 2.05) is 0 Å². The zero-order chi connectivity index (χ0) is 10.0. The Bertz CT molecular complexity index is 299. The Labute approximate surface area is 77.2 Å². The van der Waals surface area contributed by atoms with Crippen LogP contribution in [0.2, 0.25) is 0 Å². The van der Waals surface area contributed by atoms with Gasteiger partial charge in [-0.2, -0.15) is 0 Å². The molecule has 3 heteroatoms. The van der Waals surface area contributed by atoms with E-state index in [2.05, 4.69) is 0 Å². The first-order valence-corrected chi connectivity index (χ1v) is 4.22. The van der Waals surface area contributed by atoms with Gasteiger partial charge in [0.2, 0.25) is 0 Å². The van der Waals surface area contributed by atoms with Gasteiger partial charge in [-0.1, -0.05) is 12.1 Å². The van der Waals surface area contributed by atoms with Crippen LogP contribution in [-0.2, 0) is 0 Å². The second-order valence-corrected chi connectivity index (χ2v) is 3.28. The van der Waals surface area contributed by atoms with Gasteiger partial charge in [-0.25, -0.2) is 4.39 Å². The number of halogens is 1. The van der Waals surface area contributed by atoms with E-state index >= 15 is 0 Å². The summed E-state index contributed by atoms with van der Waals surface area (Å²) < 4.78 is 12.9. The standard InChI is InChI=1S/C10H14FNO/c1-6-5-8(3-4-9(6)11)10(12)7(2)13/h3-5,7,10,13H,12H2,1-2H3/t7?,10-/m1/s1. The van der Waals surface area contributed by atoms with Crippen molar-refractivity contribution in [1.82, 2.24) is 0 Å². The maximum atomic E-state index is 12.9. The summed E-state index contributed by atoms with van der Waals surface area (Å²) in [5.41, 5.74) is 6.99. The van der Waals surface area contributed by atoms with Gasteiger partial charge in [0, 0.05) is 0 Å². The van der Waals surface area contributed by atoms with E-state index in [0.29, 0.717) is 5.56 Å². The molecule has 1 aromatic rings. The maximum absolute atomic E-state index is 12.9. The highest BCUT2D eigenvalue weighted by atomic mass is 19.1. The Balaban J connectivity index is 2.97. The lowest BCUT2D eigenvalue weighted by atomic mass is 10.0. The van der Waals surface area contributed by atoms with Crippen molar-refractivity contribution in [2.24, 2.45) is 5.73 Å². The van der Waals surface area contributed by atoms with E-state index < -0.39 is 12.1 Å². The van der Waals surface area contributed by atoms with E-state index in [1.54, 1.807) is 26.0 Å². The first-order chi connectivity index (χ1) is 6.02.